The summed E-state index contributed by atoms with van der Waals surface area (Å²) < 4.78 is 10.4. The topological polar surface area (TPSA) is 56.5 Å². The van der Waals surface area contributed by atoms with E-state index in [1.807, 2.05) is 0 Å². The second-order valence-electron chi connectivity index (χ2n) is 6.41. The molecule has 0 aliphatic heterocycles. The maximum Gasteiger partial charge on any atom is 0.0700 e. The molecule has 1 unspecified atom stereocenters. The molecule has 21 heavy (non-hydrogen) atoms. The average Bonchev–Trinajstić information content (AvgIpc) is 2.45. The summed E-state index contributed by atoms with van der Waals surface area (Å²) in [6.45, 7) is 8.64. The number of nitrogens with two attached hydrogens (primary N) is 1. The van der Waals surface area contributed by atoms with Crippen molar-refractivity contribution in [1.29, 1.82) is 0 Å². The lowest BCUT2D eigenvalue weighted by molar-refractivity contribution is 0.0658. The third-order valence-corrected chi connectivity index (χ3v) is 3.58. The molecule has 0 saturated heterocycles. The van der Waals surface area contributed by atoms with Gasteiger partial charge in [-0.25, -0.2) is 0 Å². The van der Waals surface area contributed by atoms with Crippen LogP contribution in [0.2, 0.25) is 0 Å². The summed E-state index contributed by atoms with van der Waals surface area (Å²) in [6, 6.07) is 9.02. The van der Waals surface area contributed by atoms with E-state index in [1.54, 1.807) is 7.11 Å². The van der Waals surface area contributed by atoms with Gasteiger partial charge in [-0.15, -0.1) is 0 Å². The van der Waals surface area contributed by atoms with E-state index in [4.69, 9.17) is 15.3 Å². The number of methoxy groups -OCH3 is 1. The quantitative estimate of drug-likeness (QED) is 0.417. The van der Waals surface area contributed by atoms with Gasteiger partial charge in [0, 0.05) is 19.8 Å². The SMILES string of the molecule is COCCOCCC(Cc1ccc(C(C)(C)C)cc1)NN. The van der Waals surface area contributed by atoms with E-state index in [1.165, 1.54) is 11.1 Å². The van der Waals surface area contributed by atoms with Crippen molar-refractivity contribution in [3.63, 3.8) is 0 Å². The van der Waals surface area contributed by atoms with Gasteiger partial charge < -0.3 is 9.47 Å². The molecule has 0 heterocycles. The molecule has 3 N–H and O–H groups in total. The highest BCUT2D eigenvalue weighted by molar-refractivity contribution is 5.27. The molecule has 0 radical (unpaired) electrons. The van der Waals surface area contributed by atoms with Crippen molar-refractivity contribution in [1.82, 2.24) is 5.43 Å². The summed E-state index contributed by atoms with van der Waals surface area (Å²) in [4.78, 5) is 0. The van der Waals surface area contributed by atoms with Crippen molar-refractivity contribution < 1.29 is 9.47 Å². The number of benzene rings is 1. The fourth-order valence-electron chi connectivity index (χ4n) is 2.14. The minimum atomic E-state index is 0.194. The van der Waals surface area contributed by atoms with E-state index in [-0.39, 0.29) is 11.5 Å². The van der Waals surface area contributed by atoms with Gasteiger partial charge in [0.25, 0.3) is 0 Å². The number of hydrazine groups is 1. The summed E-state index contributed by atoms with van der Waals surface area (Å²) in [5, 5.41) is 0. The van der Waals surface area contributed by atoms with Gasteiger partial charge in [-0.05, 0) is 29.4 Å². The van der Waals surface area contributed by atoms with Crippen molar-refractivity contribution in [3.05, 3.63) is 35.4 Å². The monoisotopic (exact) mass is 294 g/mol. The Labute approximate surface area is 129 Å². The summed E-state index contributed by atoms with van der Waals surface area (Å²) in [5.41, 5.74) is 5.72. The van der Waals surface area contributed by atoms with Crippen LogP contribution in [0.5, 0.6) is 0 Å². The third kappa shape index (κ3) is 7.05. The van der Waals surface area contributed by atoms with Gasteiger partial charge in [-0.1, -0.05) is 45.0 Å². The standard InChI is InChI=1S/C17H30N2O2/c1-17(2,3)15-7-5-14(6-8-15)13-16(19-18)9-10-21-12-11-20-4/h5-8,16,19H,9-13,18H2,1-4H3. The van der Waals surface area contributed by atoms with Gasteiger partial charge in [0.05, 0.1) is 13.2 Å². The number of hydrogen-bond donors (Lipinski definition) is 2. The van der Waals surface area contributed by atoms with Crippen LogP contribution >= 0.6 is 0 Å². The van der Waals surface area contributed by atoms with Crippen molar-refractivity contribution in [2.45, 2.75) is 45.1 Å². The molecule has 0 aromatic heterocycles. The van der Waals surface area contributed by atoms with E-state index in [2.05, 4.69) is 50.5 Å². The van der Waals surface area contributed by atoms with Crippen LogP contribution < -0.4 is 11.3 Å². The Bertz CT molecular complexity index is 385. The first-order valence-electron chi connectivity index (χ1n) is 7.59. The Balaban J connectivity index is 2.42. The lowest BCUT2D eigenvalue weighted by Gasteiger charge is -2.20. The average molecular weight is 294 g/mol. The zero-order valence-corrected chi connectivity index (χ0v) is 13.8. The van der Waals surface area contributed by atoms with Crippen LogP contribution in [0, 0.1) is 0 Å². The fraction of sp³-hybridized carbons (Fsp3) is 0.647. The number of hydrogen-bond acceptors (Lipinski definition) is 4. The first kappa shape index (κ1) is 18.1. The van der Waals surface area contributed by atoms with Crippen LogP contribution in [-0.4, -0.2) is 33.0 Å². The first-order valence-corrected chi connectivity index (χ1v) is 7.59. The maximum atomic E-state index is 5.63. The number of rotatable bonds is 9. The normalized spacial score (nSPS) is 13.4. The Morgan fingerprint density at radius 1 is 1.10 bits per heavy atom. The first-order chi connectivity index (χ1) is 9.97. The molecule has 4 heteroatoms. The Kier molecular flexibility index (Phi) is 7.89. The van der Waals surface area contributed by atoms with Gasteiger partial charge in [0.1, 0.15) is 0 Å². The summed E-state index contributed by atoms with van der Waals surface area (Å²) in [6.07, 6.45) is 1.80. The molecule has 0 bridgehead atoms. The van der Waals surface area contributed by atoms with Crippen molar-refractivity contribution >= 4 is 0 Å². The van der Waals surface area contributed by atoms with Crippen LogP contribution in [-0.2, 0) is 21.3 Å². The highest BCUT2D eigenvalue weighted by Crippen LogP contribution is 2.22. The molecule has 0 fully saturated rings. The van der Waals surface area contributed by atoms with Crippen LogP contribution in [0.4, 0.5) is 0 Å². The maximum absolute atomic E-state index is 5.63. The molecule has 0 aliphatic rings. The Morgan fingerprint density at radius 2 is 1.76 bits per heavy atom. The molecule has 120 valence electrons. The summed E-state index contributed by atoms with van der Waals surface area (Å²) in [7, 11) is 1.68. The van der Waals surface area contributed by atoms with E-state index in [0.29, 0.717) is 19.8 Å². The lowest BCUT2D eigenvalue weighted by Crippen LogP contribution is -2.37. The predicted molar refractivity (Wildman–Crippen MR) is 87.3 cm³/mol. The van der Waals surface area contributed by atoms with E-state index in [9.17, 15) is 0 Å². The summed E-state index contributed by atoms with van der Waals surface area (Å²) >= 11 is 0. The van der Waals surface area contributed by atoms with E-state index in [0.717, 1.165) is 12.8 Å². The van der Waals surface area contributed by atoms with Crippen molar-refractivity contribution in [2.75, 3.05) is 26.9 Å². The summed E-state index contributed by atoms with van der Waals surface area (Å²) in [5.74, 6) is 5.63. The van der Waals surface area contributed by atoms with Crippen molar-refractivity contribution in [2.24, 2.45) is 5.84 Å². The molecule has 0 aliphatic carbocycles. The van der Waals surface area contributed by atoms with Gasteiger partial charge in [-0.2, -0.15) is 0 Å². The molecule has 0 amide bonds. The minimum Gasteiger partial charge on any atom is -0.382 e. The molecule has 4 nitrogen and oxygen atoms in total. The Hall–Kier alpha value is -0.940. The predicted octanol–water partition coefficient (Wildman–Crippen LogP) is 2.41. The van der Waals surface area contributed by atoms with Gasteiger partial charge in [-0.3, -0.25) is 11.3 Å². The van der Waals surface area contributed by atoms with Gasteiger partial charge >= 0.3 is 0 Å². The van der Waals surface area contributed by atoms with Crippen LogP contribution in [0.15, 0.2) is 24.3 Å². The second-order valence-corrected chi connectivity index (χ2v) is 6.41. The number of nitrogens with one attached hydrogen (secondary N) is 1. The molecule has 1 rings (SSSR count). The molecular weight excluding hydrogens is 264 g/mol. The molecular formula is C17H30N2O2. The minimum absolute atomic E-state index is 0.194. The van der Waals surface area contributed by atoms with E-state index >= 15 is 0 Å². The van der Waals surface area contributed by atoms with Crippen LogP contribution in [0.1, 0.15) is 38.3 Å². The second kappa shape index (κ2) is 9.15. The molecule has 0 saturated carbocycles. The lowest BCUT2D eigenvalue weighted by atomic mass is 9.86. The molecule has 1 atom stereocenters. The van der Waals surface area contributed by atoms with Gasteiger partial charge in [0.2, 0.25) is 0 Å². The highest BCUT2D eigenvalue weighted by atomic mass is 16.5. The Morgan fingerprint density at radius 3 is 2.29 bits per heavy atom. The van der Waals surface area contributed by atoms with Crippen molar-refractivity contribution in [3.8, 4) is 0 Å². The van der Waals surface area contributed by atoms with Crippen LogP contribution in [0.25, 0.3) is 0 Å². The largest absolute Gasteiger partial charge is 0.382 e. The van der Waals surface area contributed by atoms with Gasteiger partial charge in [0.15, 0.2) is 0 Å². The van der Waals surface area contributed by atoms with Crippen LogP contribution in [0.3, 0.4) is 0 Å². The highest BCUT2D eigenvalue weighted by Gasteiger charge is 2.13. The molecule has 1 aromatic carbocycles. The molecule has 1 aromatic rings. The number of ether oxygens (including phenoxy) is 2. The van der Waals surface area contributed by atoms with E-state index < -0.39 is 0 Å². The third-order valence-electron chi connectivity index (χ3n) is 3.58. The zero-order valence-electron chi connectivity index (χ0n) is 13.8. The molecule has 0 spiro atoms. The smallest absolute Gasteiger partial charge is 0.0700 e. The fourth-order valence-corrected chi connectivity index (χ4v) is 2.14. The zero-order chi connectivity index (χ0) is 15.7.